The van der Waals surface area contributed by atoms with Gasteiger partial charge in [-0.3, -0.25) is 0 Å². The number of furan rings is 2. The monoisotopic (exact) mass is 224 g/mol. The lowest BCUT2D eigenvalue weighted by Gasteiger charge is -1.89. The van der Waals surface area contributed by atoms with Crippen molar-refractivity contribution in [2.45, 2.75) is 0 Å². The quantitative estimate of drug-likeness (QED) is 0.725. The van der Waals surface area contributed by atoms with Crippen LogP contribution in [0, 0.1) is 11.3 Å². The van der Waals surface area contributed by atoms with Crippen molar-refractivity contribution in [2.75, 3.05) is 0 Å². The van der Waals surface area contributed by atoms with Gasteiger partial charge < -0.3 is 13.8 Å². The van der Waals surface area contributed by atoms with E-state index in [9.17, 15) is 0 Å². The second kappa shape index (κ2) is 3.72. The highest BCUT2D eigenvalue weighted by molar-refractivity contribution is 5.71. The van der Waals surface area contributed by atoms with Crippen molar-refractivity contribution in [3.63, 3.8) is 0 Å². The Labute approximate surface area is 97.1 Å². The van der Waals surface area contributed by atoms with E-state index in [0.717, 1.165) is 11.3 Å². The normalized spacial score (nSPS) is 10.3. The van der Waals surface area contributed by atoms with Gasteiger partial charge in [-0.15, -0.1) is 0 Å². The number of aromatic amines is 1. The molecule has 17 heavy (non-hydrogen) atoms. The minimum atomic E-state index is 0.464. The first-order valence-corrected chi connectivity index (χ1v) is 5.09. The lowest BCUT2D eigenvalue weighted by Crippen LogP contribution is -1.77. The van der Waals surface area contributed by atoms with Crippen molar-refractivity contribution >= 4 is 0 Å². The fraction of sp³-hybridized carbons (Fsp3) is 0. The first-order chi connectivity index (χ1) is 8.38. The Hall–Kier alpha value is -2.67. The molecular formula is C13H8N2O2. The summed E-state index contributed by atoms with van der Waals surface area (Å²) in [6.45, 7) is 0. The minimum absolute atomic E-state index is 0.464. The highest BCUT2D eigenvalue weighted by Gasteiger charge is 2.14. The van der Waals surface area contributed by atoms with Crippen molar-refractivity contribution in [1.29, 1.82) is 5.26 Å². The smallest absolute Gasteiger partial charge is 0.150 e. The molecule has 1 N–H and O–H groups in total. The Balaban J connectivity index is 2.15. The lowest BCUT2D eigenvalue weighted by atomic mass is 10.2. The number of H-pyrrole nitrogens is 1. The zero-order valence-electron chi connectivity index (χ0n) is 8.81. The van der Waals surface area contributed by atoms with Crippen LogP contribution in [-0.2, 0) is 0 Å². The van der Waals surface area contributed by atoms with Crippen LogP contribution in [0.2, 0.25) is 0 Å². The van der Waals surface area contributed by atoms with Gasteiger partial charge in [0.2, 0.25) is 0 Å². The number of nitrogens with zero attached hydrogens (tertiary/aromatic N) is 1. The second-order valence-corrected chi connectivity index (χ2v) is 3.54. The molecular weight excluding hydrogens is 216 g/mol. The Morgan fingerprint density at radius 2 is 1.76 bits per heavy atom. The molecule has 0 amide bonds. The van der Waals surface area contributed by atoms with Crippen molar-refractivity contribution in [3.05, 3.63) is 48.6 Å². The van der Waals surface area contributed by atoms with Crippen molar-refractivity contribution < 1.29 is 8.83 Å². The second-order valence-electron chi connectivity index (χ2n) is 3.54. The average molecular weight is 224 g/mol. The van der Waals surface area contributed by atoms with Gasteiger partial charge >= 0.3 is 0 Å². The maximum absolute atomic E-state index is 9.07. The van der Waals surface area contributed by atoms with Crippen LogP contribution in [0.25, 0.3) is 22.8 Å². The Kier molecular flexibility index (Phi) is 2.09. The van der Waals surface area contributed by atoms with Crippen LogP contribution in [0.3, 0.4) is 0 Å². The molecule has 4 nitrogen and oxygen atoms in total. The zero-order valence-corrected chi connectivity index (χ0v) is 8.81. The summed E-state index contributed by atoms with van der Waals surface area (Å²) in [5.41, 5.74) is 1.97. The molecule has 0 saturated heterocycles. The van der Waals surface area contributed by atoms with E-state index in [2.05, 4.69) is 11.1 Å². The molecule has 0 aliphatic rings. The molecule has 0 aliphatic heterocycles. The van der Waals surface area contributed by atoms with Crippen LogP contribution in [0.5, 0.6) is 0 Å². The molecule has 0 aliphatic carbocycles. The molecule has 3 rings (SSSR count). The van der Waals surface area contributed by atoms with Gasteiger partial charge in [-0.25, -0.2) is 0 Å². The number of hydrogen-bond acceptors (Lipinski definition) is 3. The summed E-state index contributed by atoms with van der Waals surface area (Å²) in [5, 5.41) is 9.07. The van der Waals surface area contributed by atoms with Crippen LogP contribution in [0.4, 0.5) is 0 Å². The van der Waals surface area contributed by atoms with Gasteiger partial charge in [0, 0.05) is 0 Å². The van der Waals surface area contributed by atoms with Gasteiger partial charge in [-0.1, -0.05) is 0 Å². The predicted octanol–water partition coefficient (Wildman–Crippen LogP) is 3.41. The maximum atomic E-state index is 9.07. The minimum Gasteiger partial charge on any atom is -0.464 e. The van der Waals surface area contributed by atoms with Crippen LogP contribution in [-0.4, -0.2) is 4.98 Å². The van der Waals surface area contributed by atoms with E-state index in [0.29, 0.717) is 17.2 Å². The van der Waals surface area contributed by atoms with E-state index >= 15 is 0 Å². The molecule has 0 fully saturated rings. The molecule has 0 aromatic carbocycles. The molecule has 3 aromatic heterocycles. The summed E-state index contributed by atoms with van der Waals surface area (Å²) in [6, 6.07) is 11.2. The third-order valence-corrected chi connectivity index (χ3v) is 2.50. The number of aromatic nitrogens is 1. The van der Waals surface area contributed by atoms with Crippen molar-refractivity contribution in [3.8, 4) is 28.8 Å². The highest BCUT2D eigenvalue weighted by atomic mass is 16.3. The molecule has 0 spiro atoms. The molecule has 3 heterocycles. The van der Waals surface area contributed by atoms with Gasteiger partial charge in [0.25, 0.3) is 0 Å². The van der Waals surface area contributed by atoms with E-state index in [-0.39, 0.29) is 0 Å². The first kappa shape index (κ1) is 9.55. The summed E-state index contributed by atoms with van der Waals surface area (Å²) < 4.78 is 10.6. The Bertz CT molecular complexity index is 655. The van der Waals surface area contributed by atoms with Crippen LogP contribution in [0.15, 0.2) is 51.7 Å². The standard InChI is InChI=1S/C13H8N2O2/c14-8-11-9(12-3-1-5-16-12)7-10(15-11)13-4-2-6-17-13/h1-7,15H. The average Bonchev–Trinajstić information content (AvgIpc) is 3.09. The largest absolute Gasteiger partial charge is 0.464 e. The van der Waals surface area contributed by atoms with E-state index in [1.54, 1.807) is 24.7 Å². The van der Waals surface area contributed by atoms with Crippen LogP contribution >= 0.6 is 0 Å². The fourth-order valence-electron chi connectivity index (χ4n) is 1.73. The summed E-state index contributed by atoms with van der Waals surface area (Å²) in [7, 11) is 0. The van der Waals surface area contributed by atoms with Crippen molar-refractivity contribution in [2.24, 2.45) is 0 Å². The van der Waals surface area contributed by atoms with E-state index in [4.69, 9.17) is 14.1 Å². The van der Waals surface area contributed by atoms with E-state index in [1.807, 2.05) is 18.2 Å². The number of hydrogen-bond donors (Lipinski definition) is 1. The molecule has 3 aromatic rings. The third kappa shape index (κ3) is 1.54. The topological polar surface area (TPSA) is 65.9 Å². The number of nitriles is 1. The van der Waals surface area contributed by atoms with E-state index < -0.39 is 0 Å². The Morgan fingerprint density at radius 1 is 1.06 bits per heavy atom. The van der Waals surface area contributed by atoms with Gasteiger partial charge in [0.1, 0.15) is 23.3 Å². The maximum Gasteiger partial charge on any atom is 0.150 e. The molecule has 82 valence electrons. The summed E-state index contributed by atoms with van der Waals surface area (Å²) in [4.78, 5) is 3.01. The first-order valence-electron chi connectivity index (χ1n) is 5.09. The molecule has 0 saturated carbocycles. The van der Waals surface area contributed by atoms with Gasteiger partial charge in [-0.2, -0.15) is 5.26 Å². The van der Waals surface area contributed by atoms with Crippen LogP contribution in [0.1, 0.15) is 5.69 Å². The highest BCUT2D eigenvalue weighted by Crippen LogP contribution is 2.29. The van der Waals surface area contributed by atoms with Gasteiger partial charge in [-0.05, 0) is 30.3 Å². The molecule has 0 bridgehead atoms. The molecule has 4 heteroatoms. The van der Waals surface area contributed by atoms with Gasteiger partial charge in [0.05, 0.1) is 23.8 Å². The SMILES string of the molecule is N#Cc1[nH]c(-c2ccco2)cc1-c1ccco1. The van der Waals surface area contributed by atoms with Gasteiger partial charge in [0.15, 0.2) is 0 Å². The predicted molar refractivity (Wildman–Crippen MR) is 60.9 cm³/mol. The molecule has 0 radical (unpaired) electrons. The van der Waals surface area contributed by atoms with Crippen molar-refractivity contribution in [1.82, 2.24) is 4.98 Å². The number of nitrogens with one attached hydrogen (secondary N) is 1. The van der Waals surface area contributed by atoms with Crippen LogP contribution < -0.4 is 0 Å². The molecule has 0 unspecified atom stereocenters. The third-order valence-electron chi connectivity index (χ3n) is 2.50. The summed E-state index contributed by atoms with van der Waals surface area (Å²) in [5.74, 6) is 1.36. The molecule has 0 atom stereocenters. The fourth-order valence-corrected chi connectivity index (χ4v) is 1.73. The Morgan fingerprint density at radius 3 is 2.35 bits per heavy atom. The lowest BCUT2D eigenvalue weighted by molar-refractivity contribution is 0.580. The van der Waals surface area contributed by atoms with E-state index in [1.165, 1.54) is 0 Å². The number of rotatable bonds is 2. The zero-order chi connectivity index (χ0) is 11.7. The summed E-state index contributed by atoms with van der Waals surface area (Å²) >= 11 is 0. The summed E-state index contributed by atoms with van der Waals surface area (Å²) in [6.07, 6.45) is 3.17.